The number of hydrogen-bond donors (Lipinski definition) is 1. The van der Waals surface area contributed by atoms with Gasteiger partial charge in [0.25, 0.3) is 5.56 Å². The zero-order valence-corrected chi connectivity index (χ0v) is 5.90. The van der Waals surface area contributed by atoms with E-state index in [1.165, 1.54) is 0 Å². The van der Waals surface area contributed by atoms with Crippen LogP contribution >= 0.6 is 0 Å². The first-order valence-corrected chi connectivity index (χ1v) is 3.04. The molecule has 0 atom stereocenters. The van der Waals surface area contributed by atoms with Crippen molar-refractivity contribution in [2.75, 3.05) is 0 Å². The first kappa shape index (κ1) is 8.38. The van der Waals surface area contributed by atoms with E-state index in [1.54, 1.807) is 0 Å². The fourth-order valence-corrected chi connectivity index (χ4v) is 0.658. The third kappa shape index (κ3) is 1.88. The van der Waals surface area contributed by atoms with Gasteiger partial charge in [-0.1, -0.05) is 0 Å². The first-order valence-electron chi connectivity index (χ1n) is 3.04. The smallest absolute Gasteiger partial charge is 0.325 e. The Balaban J connectivity index is 3.02. The zero-order chi connectivity index (χ0) is 9.14. The molecule has 0 unspecified atom stereocenters. The number of nitrogens with zero attached hydrogens (tertiary/aromatic N) is 2. The van der Waals surface area contributed by atoms with Crippen LogP contribution in [0.4, 0.5) is 4.39 Å². The molecule has 1 aromatic rings. The SMILES string of the molecule is O=C(O)Cn1ncc(F)cc1=O. The van der Waals surface area contributed by atoms with E-state index in [1.807, 2.05) is 0 Å². The molecule has 0 radical (unpaired) electrons. The van der Waals surface area contributed by atoms with E-state index in [2.05, 4.69) is 5.10 Å². The van der Waals surface area contributed by atoms with Gasteiger partial charge in [0, 0.05) is 6.07 Å². The third-order valence-corrected chi connectivity index (χ3v) is 1.12. The van der Waals surface area contributed by atoms with Crippen LogP contribution in [0.3, 0.4) is 0 Å². The zero-order valence-electron chi connectivity index (χ0n) is 5.90. The van der Waals surface area contributed by atoms with E-state index in [0.717, 1.165) is 6.20 Å². The maximum absolute atomic E-state index is 12.3. The highest BCUT2D eigenvalue weighted by Gasteiger charge is 2.02. The Bertz CT molecular complexity index is 360. The molecule has 1 heterocycles. The van der Waals surface area contributed by atoms with Crippen LogP contribution in [0, 0.1) is 5.82 Å². The van der Waals surface area contributed by atoms with Crippen LogP contribution in [-0.4, -0.2) is 20.9 Å². The molecule has 64 valence electrons. The Morgan fingerprint density at radius 2 is 2.42 bits per heavy atom. The van der Waals surface area contributed by atoms with Crippen molar-refractivity contribution in [2.45, 2.75) is 6.54 Å². The predicted molar refractivity (Wildman–Crippen MR) is 36.1 cm³/mol. The Morgan fingerprint density at radius 3 is 2.92 bits per heavy atom. The Labute approximate surface area is 66.1 Å². The van der Waals surface area contributed by atoms with E-state index in [-0.39, 0.29) is 0 Å². The number of aliphatic carboxylic acids is 1. The van der Waals surface area contributed by atoms with Crippen molar-refractivity contribution >= 4 is 5.97 Å². The molecule has 5 nitrogen and oxygen atoms in total. The molecule has 0 amide bonds. The maximum atomic E-state index is 12.3. The van der Waals surface area contributed by atoms with Gasteiger partial charge < -0.3 is 5.11 Å². The van der Waals surface area contributed by atoms with Crippen molar-refractivity contribution in [3.8, 4) is 0 Å². The van der Waals surface area contributed by atoms with E-state index < -0.39 is 23.9 Å². The van der Waals surface area contributed by atoms with Crippen molar-refractivity contribution in [3.05, 3.63) is 28.4 Å². The van der Waals surface area contributed by atoms with Crippen LogP contribution in [-0.2, 0) is 11.3 Å². The van der Waals surface area contributed by atoms with Gasteiger partial charge in [0.05, 0.1) is 6.20 Å². The maximum Gasteiger partial charge on any atom is 0.325 e. The monoisotopic (exact) mass is 172 g/mol. The number of hydrogen-bond acceptors (Lipinski definition) is 3. The van der Waals surface area contributed by atoms with Gasteiger partial charge in [0.1, 0.15) is 12.4 Å². The Kier molecular flexibility index (Phi) is 2.18. The van der Waals surface area contributed by atoms with Gasteiger partial charge in [0.15, 0.2) is 0 Å². The molecule has 0 aliphatic rings. The molecule has 0 aliphatic carbocycles. The minimum absolute atomic E-state index is 0.556. The quantitative estimate of drug-likeness (QED) is 0.650. The molecular formula is C6H5FN2O3. The van der Waals surface area contributed by atoms with Crippen molar-refractivity contribution in [1.29, 1.82) is 0 Å². The molecule has 0 aliphatic heterocycles. The van der Waals surface area contributed by atoms with E-state index in [0.29, 0.717) is 10.7 Å². The van der Waals surface area contributed by atoms with Crippen LogP contribution in [0.15, 0.2) is 17.1 Å². The third-order valence-electron chi connectivity index (χ3n) is 1.12. The highest BCUT2D eigenvalue weighted by atomic mass is 19.1. The lowest BCUT2D eigenvalue weighted by molar-refractivity contribution is -0.138. The van der Waals surface area contributed by atoms with Crippen LogP contribution in [0.5, 0.6) is 0 Å². The van der Waals surface area contributed by atoms with Gasteiger partial charge in [-0.25, -0.2) is 9.07 Å². The van der Waals surface area contributed by atoms with Gasteiger partial charge >= 0.3 is 5.97 Å². The number of carboxylic acid groups (broad SMARTS) is 1. The van der Waals surface area contributed by atoms with Crippen molar-refractivity contribution < 1.29 is 14.3 Å². The standard InChI is InChI=1S/C6H5FN2O3/c7-4-1-5(10)9(8-2-4)3-6(11)12/h1-2H,3H2,(H,11,12). The molecule has 1 aromatic heterocycles. The average molecular weight is 172 g/mol. The van der Waals surface area contributed by atoms with E-state index >= 15 is 0 Å². The van der Waals surface area contributed by atoms with Crippen LogP contribution in [0.1, 0.15) is 0 Å². The summed E-state index contributed by atoms with van der Waals surface area (Å²) in [5.74, 6) is -1.97. The van der Waals surface area contributed by atoms with Crippen LogP contribution < -0.4 is 5.56 Å². The molecule has 0 saturated carbocycles. The minimum Gasteiger partial charge on any atom is -0.480 e. The number of aromatic nitrogens is 2. The summed E-state index contributed by atoms with van der Waals surface area (Å²) >= 11 is 0. The average Bonchev–Trinajstić information content (AvgIpc) is 1.94. The predicted octanol–water partition coefficient (Wildman–Crippen LogP) is -0.533. The van der Waals surface area contributed by atoms with Crippen LogP contribution in [0.25, 0.3) is 0 Å². The molecule has 0 aromatic carbocycles. The topological polar surface area (TPSA) is 72.2 Å². The van der Waals surface area contributed by atoms with Gasteiger partial charge in [-0.3, -0.25) is 9.59 Å². The lowest BCUT2D eigenvalue weighted by atomic mass is 10.5. The molecular weight excluding hydrogens is 167 g/mol. The fourth-order valence-electron chi connectivity index (χ4n) is 0.658. The lowest BCUT2D eigenvalue weighted by Crippen LogP contribution is -2.26. The summed E-state index contributed by atoms with van der Waals surface area (Å²) in [4.78, 5) is 20.9. The molecule has 1 rings (SSSR count). The largest absolute Gasteiger partial charge is 0.480 e. The van der Waals surface area contributed by atoms with Crippen LogP contribution in [0.2, 0.25) is 0 Å². The number of halogens is 1. The summed E-state index contributed by atoms with van der Waals surface area (Å²) in [5, 5.41) is 11.5. The highest BCUT2D eigenvalue weighted by molar-refractivity contribution is 5.66. The summed E-state index contributed by atoms with van der Waals surface area (Å²) < 4.78 is 12.9. The van der Waals surface area contributed by atoms with Gasteiger partial charge in [-0.05, 0) is 0 Å². The molecule has 12 heavy (non-hydrogen) atoms. The summed E-state index contributed by atoms with van der Waals surface area (Å²) in [6.07, 6.45) is 0.782. The summed E-state index contributed by atoms with van der Waals surface area (Å²) in [5.41, 5.74) is -0.766. The Hall–Kier alpha value is -1.72. The van der Waals surface area contributed by atoms with E-state index in [4.69, 9.17) is 5.11 Å². The fraction of sp³-hybridized carbons (Fsp3) is 0.167. The minimum atomic E-state index is -1.20. The second-order valence-electron chi connectivity index (χ2n) is 2.06. The number of rotatable bonds is 2. The van der Waals surface area contributed by atoms with Gasteiger partial charge in [-0.2, -0.15) is 5.10 Å². The molecule has 6 heteroatoms. The second-order valence-corrected chi connectivity index (χ2v) is 2.06. The van der Waals surface area contributed by atoms with Crippen molar-refractivity contribution in [3.63, 3.8) is 0 Å². The summed E-state index contributed by atoms with van der Waals surface area (Å²) in [7, 11) is 0. The number of carboxylic acids is 1. The van der Waals surface area contributed by atoms with Gasteiger partial charge in [-0.15, -0.1) is 0 Å². The molecule has 0 saturated heterocycles. The second kappa shape index (κ2) is 3.12. The van der Waals surface area contributed by atoms with Crippen molar-refractivity contribution in [1.82, 2.24) is 9.78 Å². The molecule has 0 spiro atoms. The highest BCUT2D eigenvalue weighted by Crippen LogP contribution is 1.85. The van der Waals surface area contributed by atoms with Gasteiger partial charge in [0.2, 0.25) is 0 Å². The van der Waals surface area contributed by atoms with E-state index in [9.17, 15) is 14.0 Å². The first-order chi connectivity index (χ1) is 5.59. The molecule has 1 N–H and O–H groups in total. The lowest BCUT2D eigenvalue weighted by Gasteiger charge is -1.97. The van der Waals surface area contributed by atoms with Crippen molar-refractivity contribution in [2.24, 2.45) is 0 Å². The number of carbonyl (C=O) groups is 1. The summed E-state index contributed by atoms with van der Waals surface area (Å²) in [6.45, 7) is -0.556. The molecule has 0 bridgehead atoms. The molecule has 0 fully saturated rings. The Morgan fingerprint density at radius 1 is 1.75 bits per heavy atom. The summed E-state index contributed by atoms with van der Waals surface area (Å²) in [6, 6.07) is 0.677. The normalized spacial score (nSPS) is 9.75.